The van der Waals surface area contributed by atoms with E-state index in [0.717, 1.165) is 25.6 Å². The summed E-state index contributed by atoms with van der Waals surface area (Å²) in [6, 6.07) is 3.07. The van der Waals surface area contributed by atoms with Crippen LogP contribution in [-0.4, -0.2) is 61.2 Å². The highest BCUT2D eigenvalue weighted by molar-refractivity contribution is 4.98. The number of hydrogen-bond acceptors (Lipinski definition) is 4. The van der Waals surface area contributed by atoms with Gasteiger partial charge < -0.3 is 4.90 Å². The Morgan fingerprint density at radius 2 is 1.72 bits per heavy atom. The summed E-state index contributed by atoms with van der Waals surface area (Å²) in [6.07, 6.45) is 5.41. The Morgan fingerprint density at radius 1 is 1.06 bits per heavy atom. The van der Waals surface area contributed by atoms with E-state index in [1.165, 1.54) is 45.3 Å². The van der Waals surface area contributed by atoms with Gasteiger partial charge in [0.1, 0.15) is 6.04 Å². The van der Waals surface area contributed by atoms with Crippen LogP contribution < -0.4 is 5.32 Å². The topological polar surface area (TPSA) is 42.3 Å². The molecule has 18 heavy (non-hydrogen) atoms. The molecule has 0 amide bonds. The van der Waals surface area contributed by atoms with Crippen LogP contribution in [0, 0.1) is 17.2 Å². The van der Waals surface area contributed by atoms with Crippen molar-refractivity contribution in [2.24, 2.45) is 5.92 Å². The van der Waals surface area contributed by atoms with Gasteiger partial charge in [0.05, 0.1) is 6.07 Å². The summed E-state index contributed by atoms with van der Waals surface area (Å²) < 4.78 is 0. The van der Waals surface area contributed by atoms with Crippen LogP contribution in [0.3, 0.4) is 0 Å². The van der Waals surface area contributed by atoms with Gasteiger partial charge in [-0.3, -0.25) is 10.2 Å². The first-order chi connectivity index (χ1) is 8.83. The van der Waals surface area contributed by atoms with Gasteiger partial charge in [-0.2, -0.15) is 5.26 Å². The average molecular weight is 248 g/mol. The van der Waals surface area contributed by atoms with Crippen LogP contribution in [0.5, 0.6) is 0 Å². The molecule has 2 aliphatic carbocycles. The van der Waals surface area contributed by atoms with Gasteiger partial charge >= 0.3 is 0 Å². The molecule has 1 aliphatic heterocycles. The lowest BCUT2D eigenvalue weighted by atomic mass is 10.2. The molecule has 0 bridgehead atoms. The molecule has 4 heteroatoms. The molecule has 3 aliphatic rings. The van der Waals surface area contributed by atoms with Crippen LogP contribution in [0.4, 0.5) is 0 Å². The van der Waals surface area contributed by atoms with Gasteiger partial charge in [-0.05, 0) is 31.6 Å². The monoisotopic (exact) mass is 248 g/mol. The van der Waals surface area contributed by atoms with Crippen LogP contribution in [0.25, 0.3) is 0 Å². The molecule has 1 unspecified atom stereocenters. The number of nitrogens with one attached hydrogen (secondary N) is 1. The van der Waals surface area contributed by atoms with E-state index in [1.807, 2.05) is 0 Å². The molecule has 3 fully saturated rings. The number of nitrogens with zero attached hydrogens (tertiary/aromatic N) is 3. The van der Waals surface area contributed by atoms with Gasteiger partial charge in [-0.15, -0.1) is 0 Å². The van der Waals surface area contributed by atoms with Crippen molar-refractivity contribution in [1.29, 1.82) is 5.26 Å². The van der Waals surface area contributed by atoms with Crippen molar-refractivity contribution >= 4 is 0 Å². The molecule has 3 rings (SSSR count). The standard InChI is InChI=1S/C14H24N4/c15-9-14(16-13-3-4-13)11-18-7-5-17(6-8-18)10-12-1-2-12/h12-14,16H,1-8,10-11H2. The Balaban J connectivity index is 1.36. The van der Waals surface area contributed by atoms with Crippen molar-refractivity contribution in [2.75, 3.05) is 39.3 Å². The third-order valence-corrected chi connectivity index (χ3v) is 4.29. The minimum Gasteiger partial charge on any atom is -0.301 e. The summed E-state index contributed by atoms with van der Waals surface area (Å²) in [4.78, 5) is 5.05. The molecule has 0 aromatic rings. The second-order valence-corrected chi connectivity index (χ2v) is 6.17. The first-order valence-corrected chi connectivity index (χ1v) is 7.44. The maximum atomic E-state index is 9.16. The Kier molecular flexibility index (Phi) is 3.83. The zero-order valence-electron chi connectivity index (χ0n) is 11.1. The molecular formula is C14H24N4. The predicted molar refractivity (Wildman–Crippen MR) is 71.2 cm³/mol. The summed E-state index contributed by atoms with van der Waals surface area (Å²) in [6.45, 7) is 6.88. The van der Waals surface area contributed by atoms with Gasteiger partial charge in [-0.1, -0.05) is 0 Å². The second kappa shape index (κ2) is 5.56. The van der Waals surface area contributed by atoms with Crippen LogP contribution >= 0.6 is 0 Å². The van der Waals surface area contributed by atoms with Crippen LogP contribution in [-0.2, 0) is 0 Å². The van der Waals surface area contributed by atoms with Crippen molar-refractivity contribution in [3.05, 3.63) is 0 Å². The molecule has 1 saturated heterocycles. The normalized spacial score (nSPS) is 27.9. The highest BCUT2D eigenvalue weighted by atomic mass is 15.3. The van der Waals surface area contributed by atoms with Crippen molar-refractivity contribution < 1.29 is 0 Å². The van der Waals surface area contributed by atoms with Crippen LogP contribution in [0.2, 0.25) is 0 Å². The zero-order chi connectivity index (χ0) is 12.4. The lowest BCUT2D eigenvalue weighted by Gasteiger charge is -2.35. The molecule has 1 heterocycles. The Labute approximate surface area is 110 Å². The van der Waals surface area contributed by atoms with Crippen molar-refractivity contribution in [3.63, 3.8) is 0 Å². The highest BCUT2D eigenvalue weighted by Gasteiger charge is 2.28. The molecule has 2 saturated carbocycles. The number of rotatable bonds is 6. The zero-order valence-corrected chi connectivity index (χ0v) is 11.1. The van der Waals surface area contributed by atoms with E-state index < -0.39 is 0 Å². The van der Waals surface area contributed by atoms with E-state index in [0.29, 0.717) is 6.04 Å². The van der Waals surface area contributed by atoms with Gasteiger partial charge in [0.15, 0.2) is 0 Å². The summed E-state index contributed by atoms with van der Waals surface area (Å²) >= 11 is 0. The second-order valence-electron chi connectivity index (χ2n) is 6.17. The van der Waals surface area contributed by atoms with Crippen molar-refractivity contribution in [1.82, 2.24) is 15.1 Å². The van der Waals surface area contributed by atoms with E-state index in [-0.39, 0.29) is 6.04 Å². The van der Waals surface area contributed by atoms with Gasteiger partial charge in [0, 0.05) is 45.3 Å². The smallest absolute Gasteiger partial charge is 0.108 e. The fourth-order valence-electron chi connectivity index (χ4n) is 2.74. The quantitative estimate of drug-likeness (QED) is 0.750. The first-order valence-electron chi connectivity index (χ1n) is 7.44. The lowest BCUT2D eigenvalue weighted by molar-refractivity contribution is 0.124. The summed E-state index contributed by atoms with van der Waals surface area (Å²) in [5, 5.41) is 12.6. The fraction of sp³-hybridized carbons (Fsp3) is 0.929. The van der Waals surface area contributed by atoms with Crippen molar-refractivity contribution in [3.8, 4) is 6.07 Å². The Bertz CT molecular complexity index is 308. The van der Waals surface area contributed by atoms with Gasteiger partial charge in [-0.25, -0.2) is 0 Å². The van der Waals surface area contributed by atoms with Gasteiger partial charge in [0.25, 0.3) is 0 Å². The molecule has 100 valence electrons. The largest absolute Gasteiger partial charge is 0.301 e. The maximum Gasteiger partial charge on any atom is 0.108 e. The minimum atomic E-state index is 0.0347. The summed E-state index contributed by atoms with van der Waals surface area (Å²) in [5.41, 5.74) is 0. The molecule has 4 nitrogen and oxygen atoms in total. The Hall–Kier alpha value is -0.630. The molecule has 0 aromatic heterocycles. The highest BCUT2D eigenvalue weighted by Crippen LogP contribution is 2.29. The average Bonchev–Trinajstić information content (AvgIpc) is 3.26. The molecule has 0 aromatic carbocycles. The van der Waals surface area contributed by atoms with E-state index in [2.05, 4.69) is 21.2 Å². The summed E-state index contributed by atoms with van der Waals surface area (Å²) in [5.74, 6) is 1.000. The number of nitriles is 1. The van der Waals surface area contributed by atoms with E-state index in [1.54, 1.807) is 0 Å². The molecular weight excluding hydrogens is 224 g/mol. The molecule has 1 N–H and O–H groups in total. The van der Waals surface area contributed by atoms with E-state index in [9.17, 15) is 0 Å². The van der Waals surface area contributed by atoms with Gasteiger partial charge in [0.2, 0.25) is 0 Å². The SMILES string of the molecule is N#CC(CN1CCN(CC2CC2)CC1)NC1CC1. The predicted octanol–water partition coefficient (Wildman–Crippen LogP) is 0.658. The van der Waals surface area contributed by atoms with Crippen molar-refractivity contribution in [2.45, 2.75) is 37.8 Å². The fourth-order valence-corrected chi connectivity index (χ4v) is 2.74. The van der Waals surface area contributed by atoms with Crippen LogP contribution in [0.1, 0.15) is 25.7 Å². The summed E-state index contributed by atoms with van der Waals surface area (Å²) in [7, 11) is 0. The number of hydrogen-bond donors (Lipinski definition) is 1. The first kappa shape index (κ1) is 12.4. The number of piperazine rings is 1. The Morgan fingerprint density at radius 3 is 2.28 bits per heavy atom. The molecule has 0 radical (unpaired) electrons. The lowest BCUT2D eigenvalue weighted by Crippen LogP contribution is -2.51. The minimum absolute atomic E-state index is 0.0347. The third kappa shape index (κ3) is 3.68. The molecule has 1 atom stereocenters. The molecule has 0 spiro atoms. The van der Waals surface area contributed by atoms with E-state index >= 15 is 0 Å². The van der Waals surface area contributed by atoms with E-state index in [4.69, 9.17) is 5.26 Å². The maximum absolute atomic E-state index is 9.16. The van der Waals surface area contributed by atoms with Crippen LogP contribution in [0.15, 0.2) is 0 Å². The third-order valence-electron chi connectivity index (χ3n) is 4.29.